The van der Waals surface area contributed by atoms with Crippen LogP contribution < -0.4 is 4.90 Å². The summed E-state index contributed by atoms with van der Waals surface area (Å²) in [6.07, 6.45) is 1.79. The fraction of sp³-hybridized carbons (Fsp3) is 0.333. The molecule has 0 aliphatic heterocycles. The highest BCUT2D eigenvalue weighted by molar-refractivity contribution is 7.14. The van der Waals surface area contributed by atoms with Crippen LogP contribution in [0.2, 0.25) is 0 Å². The molecule has 0 atom stereocenters. The highest BCUT2D eigenvalue weighted by atomic mass is 32.1. The first-order valence-corrected chi connectivity index (χ1v) is 10.3. The lowest BCUT2D eigenvalue weighted by molar-refractivity contribution is -0.115. The molecular weight excluding hydrogens is 388 g/mol. The van der Waals surface area contributed by atoms with E-state index in [4.69, 9.17) is 4.74 Å². The number of aryl methyl sites for hydroxylation is 2. The number of H-pyrrole nitrogens is 1. The normalized spacial score (nSPS) is 10.8. The summed E-state index contributed by atoms with van der Waals surface area (Å²) >= 11 is 1.33. The van der Waals surface area contributed by atoms with Crippen LogP contribution in [0.15, 0.2) is 29.6 Å². The Morgan fingerprint density at radius 2 is 2.07 bits per heavy atom. The molecule has 1 N–H and O–H groups in total. The second kappa shape index (κ2) is 9.00. The third kappa shape index (κ3) is 4.71. The lowest BCUT2D eigenvalue weighted by atomic mass is 10.1. The number of rotatable bonds is 7. The summed E-state index contributed by atoms with van der Waals surface area (Å²) in [5.74, 6) is -0.632. The molecule has 29 heavy (non-hydrogen) atoms. The van der Waals surface area contributed by atoms with Crippen LogP contribution in [0, 0.1) is 13.8 Å². The molecule has 152 valence electrons. The van der Waals surface area contributed by atoms with Crippen LogP contribution in [0.5, 0.6) is 0 Å². The van der Waals surface area contributed by atoms with Crippen molar-refractivity contribution in [2.45, 2.75) is 47.1 Å². The molecule has 1 aromatic carbocycles. The number of hydrogen-bond acceptors (Lipinski definition) is 6. The minimum Gasteiger partial charge on any atom is -0.454 e. The Morgan fingerprint density at radius 3 is 2.79 bits per heavy atom. The fourth-order valence-corrected chi connectivity index (χ4v) is 3.79. The highest BCUT2D eigenvalue weighted by Gasteiger charge is 2.21. The lowest BCUT2D eigenvalue weighted by Gasteiger charge is -2.21. The number of carbonyl (C=O) groups excluding carboxylic acids is 2. The molecule has 0 spiro atoms. The number of aromatic amines is 1. The molecule has 2 aromatic heterocycles. The van der Waals surface area contributed by atoms with E-state index in [0.29, 0.717) is 10.8 Å². The van der Waals surface area contributed by atoms with Crippen LogP contribution >= 0.6 is 11.3 Å². The Kier molecular flexibility index (Phi) is 6.43. The molecular formula is C21H24N4O3S. The third-order valence-corrected chi connectivity index (χ3v) is 5.45. The van der Waals surface area contributed by atoms with Crippen molar-refractivity contribution in [1.29, 1.82) is 0 Å². The van der Waals surface area contributed by atoms with Gasteiger partial charge < -0.3 is 4.74 Å². The van der Waals surface area contributed by atoms with E-state index in [1.54, 1.807) is 16.3 Å². The zero-order chi connectivity index (χ0) is 21.0. The molecule has 0 saturated heterocycles. The molecule has 0 unspecified atom stereocenters. The van der Waals surface area contributed by atoms with Gasteiger partial charge in [-0.3, -0.25) is 14.8 Å². The summed E-state index contributed by atoms with van der Waals surface area (Å²) in [5, 5.41) is 9.16. The van der Waals surface area contributed by atoms with Crippen molar-refractivity contribution in [1.82, 2.24) is 15.2 Å². The van der Waals surface area contributed by atoms with Gasteiger partial charge in [0.15, 0.2) is 10.8 Å². The van der Waals surface area contributed by atoms with Crippen LogP contribution in [0.1, 0.15) is 53.3 Å². The maximum atomic E-state index is 12.3. The topological polar surface area (TPSA) is 88.2 Å². The lowest BCUT2D eigenvalue weighted by Crippen LogP contribution is -2.23. The van der Waals surface area contributed by atoms with E-state index in [9.17, 15) is 9.59 Å². The summed E-state index contributed by atoms with van der Waals surface area (Å²) in [7, 11) is 0. The number of ether oxygens (including phenoxy) is 1. The van der Waals surface area contributed by atoms with Crippen LogP contribution in [0.3, 0.4) is 0 Å². The first-order chi connectivity index (χ1) is 13.9. The Hall–Kier alpha value is -3.00. The van der Waals surface area contributed by atoms with E-state index in [2.05, 4.69) is 22.1 Å². The Bertz CT molecular complexity index is 1020. The number of esters is 1. The van der Waals surface area contributed by atoms with E-state index in [-0.39, 0.29) is 18.2 Å². The predicted octanol–water partition coefficient (Wildman–Crippen LogP) is 4.48. The fourth-order valence-electron chi connectivity index (χ4n) is 2.93. The van der Waals surface area contributed by atoms with Crippen molar-refractivity contribution < 1.29 is 14.3 Å². The van der Waals surface area contributed by atoms with Gasteiger partial charge in [-0.15, -0.1) is 11.3 Å². The van der Waals surface area contributed by atoms with Crippen molar-refractivity contribution in [2.75, 3.05) is 4.90 Å². The van der Waals surface area contributed by atoms with Crippen LogP contribution in [0.25, 0.3) is 0 Å². The SMILES string of the molecule is CCCc1cc(C(=O)OCc2csc(N(C(C)=O)c3cccc(C)c3C)n2)n[nH]1. The number of thiazole rings is 1. The number of anilines is 2. The number of hydrogen-bond donors (Lipinski definition) is 1. The first kappa shape index (κ1) is 20.7. The largest absolute Gasteiger partial charge is 0.454 e. The predicted molar refractivity (Wildman–Crippen MR) is 113 cm³/mol. The van der Waals surface area contributed by atoms with Crippen molar-refractivity contribution in [2.24, 2.45) is 0 Å². The molecule has 3 rings (SSSR count). The number of amides is 1. The first-order valence-electron chi connectivity index (χ1n) is 9.43. The second-order valence-corrected chi connectivity index (χ2v) is 7.64. The number of nitrogens with zero attached hydrogens (tertiary/aromatic N) is 3. The highest BCUT2D eigenvalue weighted by Crippen LogP contribution is 2.32. The standard InChI is InChI=1S/C21H24N4O3S/c1-5-7-16-10-18(24-23-16)20(27)28-11-17-12-29-21(22-17)25(15(4)26)19-9-6-8-13(2)14(19)3/h6,8-10,12H,5,7,11H2,1-4H3,(H,23,24). The molecule has 0 aliphatic rings. The van der Waals surface area contributed by atoms with Gasteiger partial charge in [0, 0.05) is 18.0 Å². The molecule has 1 amide bonds. The molecule has 0 radical (unpaired) electrons. The molecule has 0 aliphatic carbocycles. The Morgan fingerprint density at radius 1 is 1.28 bits per heavy atom. The van der Waals surface area contributed by atoms with Gasteiger partial charge in [0.05, 0.1) is 11.4 Å². The average molecular weight is 413 g/mol. The molecule has 2 heterocycles. The second-order valence-electron chi connectivity index (χ2n) is 6.80. The van der Waals surface area contributed by atoms with Crippen LogP contribution in [-0.2, 0) is 22.6 Å². The van der Waals surface area contributed by atoms with Gasteiger partial charge in [-0.2, -0.15) is 5.10 Å². The van der Waals surface area contributed by atoms with E-state index >= 15 is 0 Å². The number of aromatic nitrogens is 3. The summed E-state index contributed by atoms with van der Waals surface area (Å²) < 4.78 is 5.33. The molecule has 0 saturated carbocycles. The van der Waals surface area contributed by atoms with Gasteiger partial charge in [0.2, 0.25) is 5.91 Å². The number of carbonyl (C=O) groups is 2. The quantitative estimate of drug-likeness (QED) is 0.578. The summed E-state index contributed by atoms with van der Waals surface area (Å²) in [5.41, 5.74) is 4.66. The number of benzene rings is 1. The summed E-state index contributed by atoms with van der Waals surface area (Å²) in [6.45, 7) is 7.57. The molecule has 0 fully saturated rings. The van der Waals surface area contributed by atoms with Gasteiger partial charge in [-0.25, -0.2) is 9.78 Å². The van der Waals surface area contributed by atoms with Gasteiger partial charge in [-0.1, -0.05) is 25.5 Å². The zero-order valence-electron chi connectivity index (χ0n) is 17.0. The minimum absolute atomic E-state index is 0.0177. The maximum absolute atomic E-state index is 12.3. The summed E-state index contributed by atoms with van der Waals surface area (Å²) in [6, 6.07) is 7.53. The van der Waals surface area contributed by atoms with Gasteiger partial charge in [-0.05, 0) is 43.5 Å². The van der Waals surface area contributed by atoms with Crippen molar-refractivity contribution in [3.63, 3.8) is 0 Å². The maximum Gasteiger partial charge on any atom is 0.359 e. The Labute approximate surface area is 173 Å². The van der Waals surface area contributed by atoms with E-state index < -0.39 is 5.97 Å². The monoisotopic (exact) mass is 412 g/mol. The zero-order valence-corrected chi connectivity index (χ0v) is 17.8. The van der Waals surface area contributed by atoms with E-state index in [1.807, 2.05) is 32.0 Å². The van der Waals surface area contributed by atoms with Crippen LogP contribution in [-0.4, -0.2) is 27.1 Å². The van der Waals surface area contributed by atoms with Crippen LogP contribution in [0.4, 0.5) is 10.8 Å². The van der Waals surface area contributed by atoms with Crippen molar-refractivity contribution >= 4 is 34.0 Å². The van der Waals surface area contributed by atoms with Crippen molar-refractivity contribution in [3.8, 4) is 0 Å². The number of nitrogens with one attached hydrogen (secondary N) is 1. The average Bonchev–Trinajstić information content (AvgIpc) is 3.33. The Balaban J connectivity index is 1.72. The molecule has 0 bridgehead atoms. The smallest absolute Gasteiger partial charge is 0.359 e. The minimum atomic E-state index is -0.504. The van der Waals surface area contributed by atoms with E-state index in [1.165, 1.54) is 18.3 Å². The van der Waals surface area contributed by atoms with Gasteiger partial charge in [0.25, 0.3) is 0 Å². The summed E-state index contributed by atoms with van der Waals surface area (Å²) in [4.78, 5) is 30.6. The van der Waals surface area contributed by atoms with Crippen molar-refractivity contribution in [3.05, 3.63) is 57.9 Å². The molecule has 3 aromatic rings. The van der Waals surface area contributed by atoms with Gasteiger partial charge in [0.1, 0.15) is 6.61 Å². The third-order valence-electron chi connectivity index (χ3n) is 4.57. The van der Waals surface area contributed by atoms with Gasteiger partial charge >= 0.3 is 5.97 Å². The van der Waals surface area contributed by atoms with E-state index in [0.717, 1.165) is 35.3 Å². The molecule has 8 heteroatoms. The molecule has 7 nitrogen and oxygen atoms in total.